The van der Waals surface area contributed by atoms with E-state index in [9.17, 15) is 0 Å². The van der Waals surface area contributed by atoms with Crippen molar-refractivity contribution in [2.75, 3.05) is 0 Å². The van der Waals surface area contributed by atoms with Crippen LogP contribution >= 0.6 is 0 Å². The normalized spacial score (nSPS) is 11.2. The molecule has 0 aromatic heterocycles. The van der Waals surface area contributed by atoms with Crippen molar-refractivity contribution in [2.45, 2.75) is 20.8 Å². The predicted octanol–water partition coefficient (Wildman–Crippen LogP) is 2.31. The first-order valence-corrected chi connectivity index (χ1v) is 2.61. The van der Waals surface area contributed by atoms with Crippen LogP contribution in [0, 0.1) is 25.2 Å². The molecule has 0 amide bonds. The summed E-state index contributed by atoms with van der Waals surface area (Å²) in [4.78, 5) is 0. The maximum absolute atomic E-state index is 3.80. The van der Waals surface area contributed by atoms with Gasteiger partial charge in [0.1, 0.15) is 0 Å². The third-order valence-electron chi connectivity index (χ3n) is 1.22. The molecule has 0 atom stereocenters. The average Bonchev–Trinajstić information content (AvgIpc) is 1.31. The molecular formula is C7H14Y-2. The summed E-state index contributed by atoms with van der Waals surface area (Å²) in [5.74, 6) is 0.299. The molecule has 0 aliphatic carbocycles. The molecule has 0 saturated heterocycles. The monoisotopic (exact) mass is 187 g/mol. The van der Waals surface area contributed by atoms with E-state index in [-0.39, 0.29) is 38.1 Å². The SMILES string of the molecule is [CH2-]C([CH2-])C(C)(C)C.[Y]. The molecule has 47 valence electrons. The summed E-state index contributed by atoms with van der Waals surface area (Å²) in [5, 5.41) is 0. The van der Waals surface area contributed by atoms with Gasteiger partial charge in [-0.15, -0.1) is 0 Å². The molecule has 0 saturated carbocycles. The Balaban J connectivity index is 0. The molecule has 0 aliphatic heterocycles. The Kier molecular flexibility index (Phi) is 5.93. The summed E-state index contributed by atoms with van der Waals surface area (Å²) in [6, 6.07) is 0. The molecule has 1 radical (unpaired) electrons. The number of hydrogen-bond donors (Lipinski definition) is 0. The molecule has 0 rings (SSSR count). The van der Waals surface area contributed by atoms with E-state index < -0.39 is 0 Å². The molecule has 0 aliphatic rings. The van der Waals surface area contributed by atoms with Gasteiger partial charge in [0, 0.05) is 32.7 Å². The second kappa shape index (κ2) is 4.01. The fourth-order valence-corrected chi connectivity index (χ4v) is 0. The molecule has 0 heterocycles. The van der Waals surface area contributed by atoms with Gasteiger partial charge in [0.25, 0.3) is 0 Å². The Morgan fingerprint density at radius 3 is 1.25 bits per heavy atom. The van der Waals surface area contributed by atoms with Gasteiger partial charge in [-0.05, 0) is 0 Å². The van der Waals surface area contributed by atoms with E-state index in [1.807, 2.05) is 0 Å². The van der Waals surface area contributed by atoms with Crippen LogP contribution in [0.3, 0.4) is 0 Å². The second-order valence-electron chi connectivity index (χ2n) is 3.06. The summed E-state index contributed by atoms with van der Waals surface area (Å²) >= 11 is 0. The molecule has 0 nitrogen and oxygen atoms in total. The van der Waals surface area contributed by atoms with Crippen LogP contribution in [0.25, 0.3) is 0 Å². The van der Waals surface area contributed by atoms with E-state index in [0.29, 0.717) is 5.92 Å². The molecular weight excluding hydrogens is 173 g/mol. The van der Waals surface area contributed by atoms with E-state index in [2.05, 4.69) is 34.6 Å². The van der Waals surface area contributed by atoms with Crippen molar-refractivity contribution in [1.82, 2.24) is 0 Å². The standard InChI is InChI=1S/C7H14.Y/c1-6(2)7(3,4)5;/h6H,1-2H2,3-5H3;/q-2;. The minimum absolute atomic E-state index is 0. The summed E-state index contributed by atoms with van der Waals surface area (Å²) in [6.07, 6.45) is 0. The fourth-order valence-electron chi connectivity index (χ4n) is 0. The van der Waals surface area contributed by atoms with Crippen LogP contribution < -0.4 is 0 Å². The molecule has 0 N–H and O–H groups in total. The van der Waals surface area contributed by atoms with Gasteiger partial charge in [0.15, 0.2) is 0 Å². The Morgan fingerprint density at radius 2 is 1.25 bits per heavy atom. The van der Waals surface area contributed by atoms with Gasteiger partial charge in [-0.25, -0.2) is 0 Å². The third-order valence-corrected chi connectivity index (χ3v) is 1.22. The maximum atomic E-state index is 3.80. The third kappa shape index (κ3) is 5.24. The molecule has 0 aromatic rings. The first-order valence-electron chi connectivity index (χ1n) is 2.61. The van der Waals surface area contributed by atoms with Gasteiger partial charge in [-0.2, -0.15) is 0 Å². The van der Waals surface area contributed by atoms with Gasteiger partial charge in [0.2, 0.25) is 0 Å². The molecule has 8 heavy (non-hydrogen) atoms. The summed E-state index contributed by atoms with van der Waals surface area (Å²) in [5.41, 5.74) is 0.278. The number of hydrogen-bond acceptors (Lipinski definition) is 0. The van der Waals surface area contributed by atoms with Crippen molar-refractivity contribution >= 4 is 0 Å². The number of rotatable bonds is 0. The average molecular weight is 187 g/mol. The first-order chi connectivity index (χ1) is 2.94. The zero-order valence-corrected chi connectivity index (χ0v) is 8.91. The Bertz CT molecular complexity index is 49.9. The van der Waals surface area contributed by atoms with E-state index in [1.54, 1.807) is 0 Å². The van der Waals surface area contributed by atoms with Gasteiger partial charge in [0.05, 0.1) is 0 Å². The van der Waals surface area contributed by atoms with Crippen LogP contribution in [-0.4, -0.2) is 0 Å². The smallest absolute Gasteiger partial charge is 0 e. The minimum Gasteiger partial charge on any atom is -0.369 e. The van der Waals surface area contributed by atoms with Crippen LogP contribution in [0.1, 0.15) is 20.8 Å². The molecule has 0 bridgehead atoms. The van der Waals surface area contributed by atoms with Crippen LogP contribution in [0.4, 0.5) is 0 Å². The maximum Gasteiger partial charge on any atom is 0 e. The molecule has 0 fully saturated rings. The molecule has 0 aromatic carbocycles. The van der Waals surface area contributed by atoms with Gasteiger partial charge >= 0.3 is 0 Å². The zero-order chi connectivity index (χ0) is 6.08. The zero-order valence-electron chi connectivity index (χ0n) is 6.07. The molecule has 1 heteroatoms. The quantitative estimate of drug-likeness (QED) is 0.510. The van der Waals surface area contributed by atoms with E-state index in [1.165, 1.54) is 0 Å². The van der Waals surface area contributed by atoms with Crippen molar-refractivity contribution < 1.29 is 32.7 Å². The van der Waals surface area contributed by atoms with Crippen LogP contribution in [0.15, 0.2) is 0 Å². The van der Waals surface area contributed by atoms with Crippen molar-refractivity contribution in [3.63, 3.8) is 0 Å². The summed E-state index contributed by atoms with van der Waals surface area (Å²) < 4.78 is 0. The van der Waals surface area contributed by atoms with Crippen LogP contribution in [-0.2, 0) is 32.7 Å². The Hall–Kier alpha value is 1.10. The van der Waals surface area contributed by atoms with Crippen LogP contribution in [0.2, 0.25) is 0 Å². The van der Waals surface area contributed by atoms with Crippen molar-refractivity contribution in [3.05, 3.63) is 13.8 Å². The molecule has 0 spiro atoms. The van der Waals surface area contributed by atoms with Crippen molar-refractivity contribution in [1.29, 1.82) is 0 Å². The van der Waals surface area contributed by atoms with E-state index >= 15 is 0 Å². The fraction of sp³-hybridized carbons (Fsp3) is 0.714. The largest absolute Gasteiger partial charge is 0.369 e. The topological polar surface area (TPSA) is 0 Å². The van der Waals surface area contributed by atoms with Gasteiger partial charge < -0.3 is 13.8 Å². The van der Waals surface area contributed by atoms with Crippen molar-refractivity contribution in [3.8, 4) is 0 Å². The van der Waals surface area contributed by atoms with E-state index in [0.717, 1.165) is 0 Å². The van der Waals surface area contributed by atoms with Crippen molar-refractivity contribution in [2.24, 2.45) is 11.3 Å². The molecule has 0 unspecified atom stereocenters. The van der Waals surface area contributed by atoms with Gasteiger partial charge in [-0.1, -0.05) is 26.2 Å². The summed E-state index contributed by atoms with van der Waals surface area (Å²) in [7, 11) is 0. The minimum atomic E-state index is 0. The summed E-state index contributed by atoms with van der Waals surface area (Å²) in [6.45, 7) is 14.0. The van der Waals surface area contributed by atoms with E-state index in [4.69, 9.17) is 0 Å². The Labute approximate surface area is 78.3 Å². The van der Waals surface area contributed by atoms with Gasteiger partial charge in [-0.3, -0.25) is 5.92 Å². The van der Waals surface area contributed by atoms with Crippen LogP contribution in [0.5, 0.6) is 0 Å². The predicted molar refractivity (Wildman–Crippen MR) is 33.7 cm³/mol. The Morgan fingerprint density at radius 1 is 1.12 bits per heavy atom. The first kappa shape index (κ1) is 11.8. The second-order valence-corrected chi connectivity index (χ2v) is 3.06.